The molecular weight excluding hydrogens is 528 g/mol. The predicted molar refractivity (Wildman–Crippen MR) is 189 cm³/mol. The molecule has 2 atom stereocenters. The van der Waals surface area contributed by atoms with Crippen LogP contribution in [0.1, 0.15) is 62.5 Å². The molecule has 2 unspecified atom stereocenters. The summed E-state index contributed by atoms with van der Waals surface area (Å²) in [6, 6.07) is 22.5. The summed E-state index contributed by atoms with van der Waals surface area (Å²) in [7, 11) is 0. The first-order valence-corrected chi connectivity index (χ1v) is 16.7. The van der Waals surface area contributed by atoms with Crippen molar-refractivity contribution in [2.45, 2.75) is 51.4 Å². The van der Waals surface area contributed by atoms with Crippen molar-refractivity contribution in [1.82, 2.24) is 0 Å². The van der Waals surface area contributed by atoms with Gasteiger partial charge in [0.1, 0.15) is 0 Å². The minimum atomic E-state index is 0.456. The number of fused-ring (bicyclic) bond motifs is 2. The molecule has 0 fully saturated rings. The summed E-state index contributed by atoms with van der Waals surface area (Å²) >= 11 is 0. The molecule has 216 valence electrons. The van der Waals surface area contributed by atoms with E-state index in [4.69, 9.17) is 0 Å². The minimum Gasteiger partial charge on any atom is -0.0839 e. The fraction of sp³-hybridized carbons (Fsp3) is 0.227. The van der Waals surface area contributed by atoms with Gasteiger partial charge in [-0.1, -0.05) is 128 Å². The van der Waals surface area contributed by atoms with Gasteiger partial charge in [-0.05, 0) is 135 Å². The summed E-state index contributed by atoms with van der Waals surface area (Å²) in [6.07, 6.45) is 37.9. The van der Waals surface area contributed by atoms with E-state index in [0.717, 1.165) is 51.4 Å². The lowest BCUT2D eigenvalue weighted by atomic mass is 9.68. The standard InChI is InChI=1S/C44H40/c1-4-14-31(15-5-1)38-29-41(32-16-6-2-7-17-32)44(42(30-38)33-18-8-3-9-19-33)35-26-24-34(25-27-35)43-39-22-12-10-20-36(39)28-37-21-11-13-23-40(37)43/h1-2,4-8,10,12,14-16,18-24,26,28,30,32,41H,3,9,11,13,17,25,27,29H2. The zero-order chi connectivity index (χ0) is 29.3. The van der Waals surface area contributed by atoms with Crippen molar-refractivity contribution >= 4 is 34.1 Å². The van der Waals surface area contributed by atoms with Crippen molar-refractivity contribution in [3.63, 3.8) is 0 Å². The van der Waals surface area contributed by atoms with Crippen LogP contribution in [0.3, 0.4) is 0 Å². The normalized spacial score (nSPS) is 22.8. The largest absolute Gasteiger partial charge is 0.0839 e. The quantitative estimate of drug-likeness (QED) is 0.287. The van der Waals surface area contributed by atoms with Crippen molar-refractivity contribution in [2.24, 2.45) is 11.8 Å². The number of hydrogen-bond donors (Lipinski definition) is 0. The lowest BCUT2D eigenvalue weighted by molar-refractivity contribution is 0.458. The van der Waals surface area contributed by atoms with Gasteiger partial charge in [0.2, 0.25) is 0 Å². The van der Waals surface area contributed by atoms with Crippen LogP contribution in [0, 0.1) is 11.8 Å². The van der Waals surface area contributed by atoms with Gasteiger partial charge >= 0.3 is 0 Å². The minimum absolute atomic E-state index is 0.456. The number of hydrogen-bond acceptors (Lipinski definition) is 0. The number of allylic oxidation sites excluding steroid dienone is 16. The van der Waals surface area contributed by atoms with Gasteiger partial charge in [-0.15, -0.1) is 0 Å². The van der Waals surface area contributed by atoms with Crippen LogP contribution < -0.4 is 10.4 Å². The van der Waals surface area contributed by atoms with E-state index in [2.05, 4.69) is 134 Å². The highest BCUT2D eigenvalue weighted by Crippen LogP contribution is 2.48. The SMILES string of the molecule is C1=CCC(C2CC(c3ccccc3)=CC(C3=CCCC=C3)=C2C2=CC=C(c3c4c(cc5ccccc35)=CCCC=4)CC2)C=C1. The molecule has 5 aliphatic carbocycles. The lowest BCUT2D eigenvalue weighted by Crippen LogP contribution is -2.30. The highest BCUT2D eigenvalue weighted by atomic mass is 14.4. The first kappa shape index (κ1) is 27.2. The van der Waals surface area contributed by atoms with E-state index < -0.39 is 0 Å². The van der Waals surface area contributed by atoms with Crippen LogP contribution in [0.2, 0.25) is 0 Å². The fourth-order valence-electron chi connectivity index (χ4n) is 8.09. The topological polar surface area (TPSA) is 0 Å². The average molecular weight is 569 g/mol. The van der Waals surface area contributed by atoms with Crippen molar-refractivity contribution in [1.29, 1.82) is 0 Å². The maximum atomic E-state index is 2.54. The molecule has 0 saturated carbocycles. The van der Waals surface area contributed by atoms with Gasteiger partial charge in [0.05, 0.1) is 0 Å². The first-order valence-electron chi connectivity index (χ1n) is 16.7. The highest BCUT2D eigenvalue weighted by molar-refractivity contribution is 5.95. The van der Waals surface area contributed by atoms with Crippen molar-refractivity contribution in [3.8, 4) is 0 Å². The highest BCUT2D eigenvalue weighted by Gasteiger charge is 2.33. The third-order valence-corrected chi connectivity index (χ3v) is 10.2. The molecule has 44 heavy (non-hydrogen) atoms. The molecule has 0 radical (unpaired) electrons. The molecule has 5 aliphatic rings. The van der Waals surface area contributed by atoms with Gasteiger partial charge in [0.25, 0.3) is 0 Å². The Bertz CT molecular complexity index is 1990. The Morgan fingerprint density at radius 3 is 2.32 bits per heavy atom. The lowest BCUT2D eigenvalue weighted by Gasteiger charge is -2.36. The Kier molecular flexibility index (Phi) is 7.36. The van der Waals surface area contributed by atoms with Crippen molar-refractivity contribution in [3.05, 3.63) is 165 Å². The summed E-state index contributed by atoms with van der Waals surface area (Å²) in [5.74, 6) is 0.962. The zero-order valence-corrected chi connectivity index (χ0v) is 25.5. The van der Waals surface area contributed by atoms with Crippen LogP contribution in [-0.4, -0.2) is 0 Å². The average Bonchev–Trinajstić information content (AvgIpc) is 3.11. The second-order valence-electron chi connectivity index (χ2n) is 12.9. The van der Waals surface area contributed by atoms with Crippen LogP contribution in [0.15, 0.2) is 144 Å². The van der Waals surface area contributed by atoms with Crippen LogP contribution >= 0.6 is 0 Å². The molecule has 0 amide bonds. The Labute approximate surface area is 261 Å². The molecule has 0 heteroatoms. The fourth-order valence-corrected chi connectivity index (χ4v) is 8.09. The van der Waals surface area contributed by atoms with Crippen LogP contribution in [0.25, 0.3) is 34.1 Å². The molecule has 3 aromatic rings. The third kappa shape index (κ3) is 5.07. The number of benzene rings is 3. The van der Waals surface area contributed by atoms with Crippen LogP contribution in [0.4, 0.5) is 0 Å². The van der Waals surface area contributed by atoms with Crippen molar-refractivity contribution < 1.29 is 0 Å². The van der Waals surface area contributed by atoms with Gasteiger partial charge in [-0.3, -0.25) is 0 Å². The van der Waals surface area contributed by atoms with Gasteiger partial charge in [-0.25, -0.2) is 0 Å². The van der Waals surface area contributed by atoms with Crippen molar-refractivity contribution in [2.75, 3.05) is 0 Å². The Hall–Kier alpha value is -4.42. The molecule has 0 aromatic heterocycles. The molecule has 3 aromatic carbocycles. The monoisotopic (exact) mass is 568 g/mol. The summed E-state index contributed by atoms with van der Waals surface area (Å²) in [6.45, 7) is 0. The summed E-state index contributed by atoms with van der Waals surface area (Å²) in [4.78, 5) is 0. The molecule has 0 heterocycles. The summed E-state index contributed by atoms with van der Waals surface area (Å²) < 4.78 is 0. The van der Waals surface area contributed by atoms with E-state index in [1.54, 1.807) is 5.57 Å². The van der Waals surface area contributed by atoms with Gasteiger partial charge in [0.15, 0.2) is 0 Å². The summed E-state index contributed by atoms with van der Waals surface area (Å²) in [5.41, 5.74) is 11.8. The Morgan fingerprint density at radius 1 is 0.682 bits per heavy atom. The Balaban J connectivity index is 1.30. The Morgan fingerprint density at radius 2 is 1.50 bits per heavy atom. The molecule has 0 N–H and O–H groups in total. The van der Waals surface area contributed by atoms with Crippen LogP contribution in [-0.2, 0) is 0 Å². The predicted octanol–water partition coefficient (Wildman–Crippen LogP) is 10.1. The molecule has 8 rings (SSSR count). The summed E-state index contributed by atoms with van der Waals surface area (Å²) in [5, 5.41) is 5.60. The van der Waals surface area contributed by atoms with E-state index in [-0.39, 0.29) is 0 Å². The smallest absolute Gasteiger partial charge is 0.00464 e. The molecule has 0 aliphatic heterocycles. The van der Waals surface area contributed by atoms with Gasteiger partial charge in [0, 0.05) is 0 Å². The maximum absolute atomic E-state index is 2.54. The van der Waals surface area contributed by atoms with Crippen LogP contribution in [0.5, 0.6) is 0 Å². The van der Waals surface area contributed by atoms with E-state index in [0.29, 0.717) is 11.8 Å². The molecular formula is C44H40. The van der Waals surface area contributed by atoms with E-state index in [9.17, 15) is 0 Å². The van der Waals surface area contributed by atoms with E-state index in [1.807, 2.05) is 0 Å². The maximum Gasteiger partial charge on any atom is -0.00464 e. The van der Waals surface area contributed by atoms with Gasteiger partial charge < -0.3 is 0 Å². The molecule has 0 nitrogen and oxygen atoms in total. The van der Waals surface area contributed by atoms with Gasteiger partial charge in [-0.2, -0.15) is 0 Å². The zero-order valence-electron chi connectivity index (χ0n) is 25.5. The third-order valence-electron chi connectivity index (χ3n) is 10.2. The molecule has 0 saturated heterocycles. The first-order chi connectivity index (χ1) is 21.8. The second kappa shape index (κ2) is 11.9. The van der Waals surface area contributed by atoms with E-state index in [1.165, 1.54) is 60.2 Å². The van der Waals surface area contributed by atoms with E-state index >= 15 is 0 Å². The second-order valence-corrected chi connectivity index (χ2v) is 12.9. The molecule has 0 bridgehead atoms. The number of rotatable bonds is 5. The molecule has 0 spiro atoms.